The molecule has 1 atom stereocenters. The van der Waals surface area contributed by atoms with Gasteiger partial charge in [0.25, 0.3) is 5.97 Å². The van der Waals surface area contributed by atoms with E-state index in [4.69, 9.17) is 9.90 Å². The highest BCUT2D eigenvalue weighted by Gasteiger charge is 2.21. The van der Waals surface area contributed by atoms with Crippen molar-refractivity contribution in [1.29, 1.82) is 0 Å². The standard InChI is InChI=1S/C7H16O.C2H4O2/c1-5-7(4,8)6(2)3;1-2(3)4/h6,8H,5H2,1-4H3;1H3,(H,3,4). The fraction of sp³-hybridized carbons (Fsp3) is 0.889. The van der Waals surface area contributed by atoms with E-state index < -0.39 is 11.6 Å². The molecular formula is C9H20O3. The van der Waals surface area contributed by atoms with Crippen molar-refractivity contribution in [3.63, 3.8) is 0 Å². The Morgan fingerprint density at radius 2 is 1.75 bits per heavy atom. The van der Waals surface area contributed by atoms with Crippen LogP contribution in [0.25, 0.3) is 0 Å². The van der Waals surface area contributed by atoms with Crippen LogP contribution in [0.15, 0.2) is 0 Å². The van der Waals surface area contributed by atoms with Gasteiger partial charge in [0, 0.05) is 6.92 Å². The van der Waals surface area contributed by atoms with E-state index in [1.807, 2.05) is 27.7 Å². The molecule has 0 radical (unpaired) electrons. The van der Waals surface area contributed by atoms with Gasteiger partial charge in [-0.15, -0.1) is 0 Å². The van der Waals surface area contributed by atoms with Gasteiger partial charge in [0.2, 0.25) is 0 Å². The van der Waals surface area contributed by atoms with Gasteiger partial charge in [-0.25, -0.2) is 0 Å². The summed E-state index contributed by atoms with van der Waals surface area (Å²) in [5.41, 5.74) is -0.458. The molecule has 0 saturated carbocycles. The van der Waals surface area contributed by atoms with Crippen molar-refractivity contribution < 1.29 is 15.0 Å². The van der Waals surface area contributed by atoms with Crippen LogP contribution in [-0.2, 0) is 4.79 Å². The van der Waals surface area contributed by atoms with Crippen LogP contribution in [0.3, 0.4) is 0 Å². The first-order chi connectivity index (χ1) is 5.24. The summed E-state index contributed by atoms with van der Waals surface area (Å²) in [6.07, 6.45) is 0.838. The maximum absolute atomic E-state index is 9.40. The van der Waals surface area contributed by atoms with E-state index in [0.717, 1.165) is 13.3 Å². The topological polar surface area (TPSA) is 57.5 Å². The monoisotopic (exact) mass is 176 g/mol. The minimum atomic E-state index is -0.833. The summed E-state index contributed by atoms with van der Waals surface area (Å²) in [6, 6.07) is 0. The van der Waals surface area contributed by atoms with E-state index in [2.05, 4.69) is 0 Å². The number of hydrogen-bond donors (Lipinski definition) is 2. The molecule has 3 nitrogen and oxygen atoms in total. The van der Waals surface area contributed by atoms with Crippen LogP contribution >= 0.6 is 0 Å². The summed E-state index contributed by atoms with van der Waals surface area (Å²) in [6.45, 7) is 9.02. The lowest BCUT2D eigenvalue weighted by Crippen LogP contribution is -2.29. The zero-order valence-electron chi connectivity index (χ0n) is 8.59. The summed E-state index contributed by atoms with van der Waals surface area (Å²) in [7, 11) is 0. The molecule has 3 heteroatoms. The maximum atomic E-state index is 9.40. The lowest BCUT2D eigenvalue weighted by Gasteiger charge is -2.25. The molecule has 0 amide bonds. The molecule has 2 N–H and O–H groups in total. The Bertz CT molecular complexity index is 124. The number of carbonyl (C=O) groups is 1. The highest BCUT2D eigenvalue weighted by molar-refractivity contribution is 5.62. The third kappa shape index (κ3) is 9.43. The number of rotatable bonds is 2. The summed E-state index contributed by atoms with van der Waals surface area (Å²) >= 11 is 0. The zero-order chi connectivity index (χ0) is 10.4. The zero-order valence-corrected chi connectivity index (χ0v) is 8.59. The molecule has 0 fully saturated rings. The van der Waals surface area contributed by atoms with E-state index in [1.165, 1.54) is 0 Å². The largest absolute Gasteiger partial charge is 0.481 e. The highest BCUT2D eigenvalue weighted by atomic mass is 16.4. The molecule has 12 heavy (non-hydrogen) atoms. The van der Waals surface area contributed by atoms with Gasteiger partial charge in [0.1, 0.15) is 0 Å². The summed E-state index contributed by atoms with van der Waals surface area (Å²) < 4.78 is 0. The van der Waals surface area contributed by atoms with Gasteiger partial charge < -0.3 is 10.2 Å². The lowest BCUT2D eigenvalue weighted by atomic mass is 9.90. The van der Waals surface area contributed by atoms with Gasteiger partial charge in [0.15, 0.2) is 0 Å². The molecule has 0 rings (SSSR count). The third-order valence-corrected chi connectivity index (χ3v) is 1.96. The molecule has 0 aliphatic heterocycles. The second kappa shape index (κ2) is 6.00. The smallest absolute Gasteiger partial charge is 0.300 e. The van der Waals surface area contributed by atoms with Crippen LogP contribution in [0.5, 0.6) is 0 Å². The first-order valence-electron chi connectivity index (χ1n) is 4.16. The molecule has 0 aromatic carbocycles. The Balaban J connectivity index is 0. The molecule has 0 aromatic heterocycles. The van der Waals surface area contributed by atoms with Gasteiger partial charge in [0.05, 0.1) is 5.60 Å². The molecular weight excluding hydrogens is 156 g/mol. The molecule has 74 valence electrons. The first kappa shape index (κ1) is 14.0. The van der Waals surface area contributed by atoms with Crippen LogP contribution in [-0.4, -0.2) is 21.8 Å². The molecule has 0 aliphatic carbocycles. The van der Waals surface area contributed by atoms with Crippen molar-refractivity contribution in [1.82, 2.24) is 0 Å². The second-order valence-electron chi connectivity index (χ2n) is 3.38. The number of carboxylic acids is 1. The predicted octanol–water partition coefficient (Wildman–Crippen LogP) is 1.89. The highest BCUT2D eigenvalue weighted by Crippen LogP contribution is 2.18. The minimum absolute atomic E-state index is 0.368. The normalized spacial score (nSPS) is 14.6. The Kier molecular flexibility index (Phi) is 6.99. The van der Waals surface area contributed by atoms with Gasteiger partial charge in [-0.3, -0.25) is 4.79 Å². The fourth-order valence-electron chi connectivity index (χ4n) is 0.408. The van der Waals surface area contributed by atoms with Crippen molar-refractivity contribution >= 4 is 5.97 Å². The van der Waals surface area contributed by atoms with Crippen LogP contribution in [0.2, 0.25) is 0 Å². The first-order valence-corrected chi connectivity index (χ1v) is 4.16. The number of hydrogen-bond acceptors (Lipinski definition) is 2. The van der Waals surface area contributed by atoms with Crippen molar-refractivity contribution in [3.05, 3.63) is 0 Å². The van der Waals surface area contributed by atoms with Crippen molar-refractivity contribution in [3.8, 4) is 0 Å². The third-order valence-electron chi connectivity index (χ3n) is 1.96. The van der Waals surface area contributed by atoms with Crippen LogP contribution in [0.1, 0.15) is 41.0 Å². The van der Waals surface area contributed by atoms with Crippen LogP contribution in [0, 0.1) is 5.92 Å². The molecule has 0 aromatic rings. The average molecular weight is 176 g/mol. The summed E-state index contributed by atoms with van der Waals surface area (Å²) in [4.78, 5) is 9.00. The lowest BCUT2D eigenvalue weighted by molar-refractivity contribution is -0.134. The van der Waals surface area contributed by atoms with Gasteiger partial charge in [-0.2, -0.15) is 0 Å². The molecule has 1 unspecified atom stereocenters. The van der Waals surface area contributed by atoms with Gasteiger partial charge >= 0.3 is 0 Å². The number of carboxylic acid groups (broad SMARTS) is 1. The fourth-order valence-corrected chi connectivity index (χ4v) is 0.408. The van der Waals surface area contributed by atoms with E-state index in [-0.39, 0.29) is 0 Å². The summed E-state index contributed by atoms with van der Waals surface area (Å²) in [5.74, 6) is -0.465. The Morgan fingerprint density at radius 3 is 1.75 bits per heavy atom. The van der Waals surface area contributed by atoms with Crippen LogP contribution < -0.4 is 0 Å². The average Bonchev–Trinajstić information content (AvgIpc) is 1.86. The second-order valence-corrected chi connectivity index (χ2v) is 3.38. The molecule has 0 aliphatic rings. The Hall–Kier alpha value is -0.570. The van der Waals surface area contributed by atoms with E-state index in [9.17, 15) is 5.11 Å². The quantitative estimate of drug-likeness (QED) is 0.675. The van der Waals surface area contributed by atoms with E-state index in [1.54, 1.807) is 0 Å². The van der Waals surface area contributed by atoms with Crippen molar-refractivity contribution in [2.45, 2.75) is 46.6 Å². The Labute approximate surface area is 74.4 Å². The van der Waals surface area contributed by atoms with Gasteiger partial charge in [-0.1, -0.05) is 20.8 Å². The molecule has 0 heterocycles. The molecule has 0 bridgehead atoms. The molecule has 0 saturated heterocycles. The Morgan fingerprint density at radius 1 is 1.50 bits per heavy atom. The van der Waals surface area contributed by atoms with Crippen molar-refractivity contribution in [2.24, 2.45) is 5.92 Å². The minimum Gasteiger partial charge on any atom is -0.481 e. The predicted molar refractivity (Wildman–Crippen MR) is 49.1 cm³/mol. The maximum Gasteiger partial charge on any atom is 0.300 e. The van der Waals surface area contributed by atoms with Gasteiger partial charge in [-0.05, 0) is 19.3 Å². The van der Waals surface area contributed by atoms with Crippen molar-refractivity contribution in [2.75, 3.05) is 0 Å². The van der Waals surface area contributed by atoms with Crippen LogP contribution in [0.4, 0.5) is 0 Å². The summed E-state index contributed by atoms with van der Waals surface area (Å²) in [5, 5.41) is 16.8. The molecule has 0 spiro atoms. The van der Waals surface area contributed by atoms with E-state index in [0.29, 0.717) is 5.92 Å². The SMILES string of the molecule is CC(=O)O.CCC(C)(O)C(C)C. The number of aliphatic hydroxyl groups is 1. The van der Waals surface area contributed by atoms with E-state index >= 15 is 0 Å². The number of aliphatic carboxylic acids is 1.